The molecule has 0 spiro atoms. The Balaban J connectivity index is 1.53. The predicted octanol–water partition coefficient (Wildman–Crippen LogP) is 1.95. The van der Waals surface area contributed by atoms with E-state index >= 15 is 0 Å². The average Bonchev–Trinajstić information content (AvgIpc) is 3.11. The van der Waals surface area contributed by atoms with Crippen LogP contribution in [-0.4, -0.2) is 30.9 Å². The Morgan fingerprint density at radius 3 is 2.92 bits per heavy atom. The summed E-state index contributed by atoms with van der Waals surface area (Å²) in [4.78, 5) is 9.05. The number of hydrogen-bond donors (Lipinski definition) is 0. The van der Waals surface area contributed by atoms with Crippen LogP contribution >= 0.6 is 0 Å². The quantitative estimate of drug-likeness (QED) is 0.706. The number of benzene rings is 1. The molecule has 126 valence electrons. The molecule has 6 rings (SSSR count). The number of rotatable bonds is 2. The predicted molar refractivity (Wildman–Crippen MR) is 92.8 cm³/mol. The van der Waals surface area contributed by atoms with Gasteiger partial charge in [-0.3, -0.25) is 4.57 Å². The minimum absolute atomic E-state index is 0.185. The van der Waals surface area contributed by atoms with Crippen molar-refractivity contribution >= 4 is 18.0 Å². The lowest BCUT2D eigenvalue weighted by molar-refractivity contribution is 0.656. The standard InChI is InChI=1S/C17H13N9/c18-8-24-15(11-5-6-11)17(21-22-24)25-10-20-16-12-3-1-2-4-13(12)23-9-19-7-14(23)26(16)25/h1-4,7,9-11,16H,5-6H2. The monoisotopic (exact) mass is 343 g/mol. The van der Waals surface area contributed by atoms with Crippen molar-refractivity contribution in [1.29, 1.82) is 5.26 Å². The summed E-state index contributed by atoms with van der Waals surface area (Å²) in [5.41, 5.74) is 3.02. The molecule has 26 heavy (non-hydrogen) atoms. The Morgan fingerprint density at radius 2 is 2.08 bits per heavy atom. The molecule has 1 fully saturated rings. The lowest BCUT2D eigenvalue weighted by Gasteiger charge is -2.36. The van der Waals surface area contributed by atoms with Crippen LogP contribution in [0.5, 0.6) is 0 Å². The fourth-order valence-electron chi connectivity index (χ4n) is 3.77. The molecule has 1 unspecified atom stereocenters. The summed E-state index contributed by atoms with van der Waals surface area (Å²) >= 11 is 0. The normalized spacial score (nSPS) is 19.9. The molecule has 4 heterocycles. The maximum absolute atomic E-state index is 9.37. The molecule has 1 aliphatic carbocycles. The molecule has 0 N–H and O–H groups in total. The first-order valence-electron chi connectivity index (χ1n) is 8.46. The zero-order valence-corrected chi connectivity index (χ0v) is 13.6. The Kier molecular flexibility index (Phi) is 2.46. The number of aliphatic imine (C=N–C) groups is 1. The number of anilines is 2. The van der Waals surface area contributed by atoms with Crippen LogP contribution in [0.1, 0.15) is 36.2 Å². The van der Waals surface area contributed by atoms with Crippen LogP contribution in [0.15, 0.2) is 41.8 Å². The van der Waals surface area contributed by atoms with Crippen molar-refractivity contribution in [3.05, 3.63) is 48.0 Å². The van der Waals surface area contributed by atoms with Crippen molar-refractivity contribution in [2.24, 2.45) is 4.99 Å². The fraction of sp³-hybridized carbons (Fsp3) is 0.235. The third-order valence-corrected chi connectivity index (χ3v) is 5.07. The minimum Gasteiger partial charge on any atom is -0.284 e. The molecule has 2 aliphatic heterocycles. The van der Waals surface area contributed by atoms with Crippen LogP contribution in [0, 0.1) is 11.5 Å². The van der Waals surface area contributed by atoms with E-state index in [4.69, 9.17) is 4.99 Å². The van der Waals surface area contributed by atoms with Crippen LogP contribution < -0.4 is 10.0 Å². The molecule has 1 aromatic carbocycles. The molecule has 0 saturated heterocycles. The number of hydrazine groups is 1. The van der Waals surface area contributed by atoms with E-state index in [1.165, 1.54) is 4.68 Å². The number of aromatic nitrogens is 5. The summed E-state index contributed by atoms with van der Waals surface area (Å²) in [6, 6.07) is 8.17. The summed E-state index contributed by atoms with van der Waals surface area (Å²) in [6.07, 6.45) is 9.40. The lowest BCUT2D eigenvalue weighted by atomic mass is 10.1. The number of nitriles is 1. The highest BCUT2D eigenvalue weighted by Crippen LogP contribution is 2.47. The third kappa shape index (κ3) is 1.63. The Hall–Kier alpha value is -3.67. The zero-order valence-electron chi connectivity index (χ0n) is 13.6. The largest absolute Gasteiger partial charge is 0.284 e. The van der Waals surface area contributed by atoms with E-state index in [9.17, 15) is 5.26 Å². The highest BCUT2D eigenvalue weighted by Gasteiger charge is 2.42. The maximum atomic E-state index is 9.37. The van der Waals surface area contributed by atoms with Gasteiger partial charge in [-0.15, -0.1) is 9.78 Å². The molecule has 0 radical (unpaired) electrons. The summed E-state index contributed by atoms with van der Waals surface area (Å²) in [5.74, 6) is 1.89. The molecule has 9 heteroatoms. The van der Waals surface area contributed by atoms with Crippen LogP contribution in [0.3, 0.4) is 0 Å². The Labute approximate surface area is 148 Å². The highest BCUT2D eigenvalue weighted by molar-refractivity contribution is 5.87. The van der Waals surface area contributed by atoms with Crippen molar-refractivity contribution in [1.82, 2.24) is 24.5 Å². The molecule has 0 bridgehead atoms. The van der Waals surface area contributed by atoms with Gasteiger partial charge >= 0.3 is 0 Å². The van der Waals surface area contributed by atoms with Crippen molar-refractivity contribution < 1.29 is 0 Å². The van der Waals surface area contributed by atoms with Crippen LogP contribution in [0.2, 0.25) is 0 Å². The first-order chi connectivity index (χ1) is 12.9. The van der Waals surface area contributed by atoms with Crippen LogP contribution in [0.4, 0.5) is 11.6 Å². The number of imidazole rings is 1. The number of hydrogen-bond acceptors (Lipinski definition) is 7. The van der Waals surface area contributed by atoms with Gasteiger partial charge in [0.1, 0.15) is 18.4 Å². The first kappa shape index (κ1) is 13.6. The second-order valence-electron chi connectivity index (χ2n) is 6.59. The number of fused-ring (bicyclic) bond motifs is 6. The summed E-state index contributed by atoms with van der Waals surface area (Å²) in [5, 5.41) is 21.6. The average molecular weight is 343 g/mol. The molecule has 2 aromatic heterocycles. The van der Waals surface area contributed by atoms with Gasteiger partial charge in [-0.1, -0.05) is 23.4 Å². The van der Waals surface area contributed by atoms with Gasteiger partial charge < -0.3 is 0 Å². The molecule has 3 aliphatic rings. The molecule has 0 amide bonds. The fourth-order valence-corrected chi connectivity index (χ4v) is 3.77. The van der Waals surface area contributed by atoms with Gasteiger partial charge in [0.15, 0.2) is 17.8 Å². The third-order valence-electron chi connectivity index (χ3n) is 5.07. The van der Waals surface area contributed by atoms with E-state index in [1.807, 2.05) is 32.9 Å². The zero-order chi connectivity index (χ0) is 17.3. The van der Waals surface area contributed by atoms with E-state index in [2.05, 4.69) is 33.6 Å². The number of para-hydroxylation sites is 1. The first-order valence-corrected chi connectivity index (χ1v) is 8.46. The van der Waals surface area contributed by atoms with Gasteiger partial charge in [-0.25, -0.2) is 20.0 Å². The second kappa shape index (κ2) is 4.70. The minimum atomic E-state index is -0.185. The van der Waals surface area contributed by atoms with E-state index < -0.39 is 0 Å². The maximum Gasteiger partial charge on any atom is 0.208 e. The molecule has 1 atom stereocenters. The van der Waals surface area contributed by atoms with Gasteiger partial charge in [0.2, 0.25) is 6.19 Å². The summed E-state index contributed by atoms with van der Waals surface area (Å²) in [7, 11) is 0. The topological polar surface area (TPSA) is 91.2 Å². The van der Waals surface area contributed by atoms with E-state index in [1.54, 1.807) is 12.7 Å². The number of nitrogens with zero attached hydrogens (tertiary/aromatic N) is 9. The highest BCUT2D eigenvalue weighted by atomic mass is 15.7. The molecule has 3 aromatic rings. The SMILES string of the molecule is N#Cn1nnc(N2C=NC3c4ccccc4-n4cncc4N32)c1C1CC1. The van der Waals surface area contributed by atoms with Crippen molar-refractivity contribution in [2.45, 2.75) is 24.9 Å². The molecule has 9 nitrogen and oxygen atoms in total. The Bertz CT molecular complexity index is 1100. The van der Waals surface area contributed by atoms with E-state index in [0.29, 0.717) is 11.7 Å². The molecule has 1 saturated carbocycles. The Morgan fingerprint density at radius 1 is 1.19 bits per heavy atom. The second-order valence-corrected chi connectivity index (χ2v) is 6.59. The smallest absolute Gasteiger partial charge is 0.208 e. The summed E-state index contributed by atoms with van der Waals surface area (Å²) < 4.78 is 3.36. The van der Waals surface area contributed by atoms with E-state index in [0.717, 1.165) is 35.6 Å². The van der Waals surface area contributed by atoms with Crippen LogP contribution in [0.25, 0.3) is 5.69 Å². The van der Waals surface area contributed by atoms with Gasteiger partial charge in [0, 0.05) is 11.5 Å². The molecular weight excluding hydrogens is 330 g/mol. The van der Waals surface area contributed by atoms with Gasteiger partial charge in [-0.2, -0.15) is 5.26 Å². The van der Waals surface area contributed by atoms with Crippen molar-refractivity contribution in [3.8, 4) is 11.9 Å². The van der Waals surface area contributed by atoms with Crippen LogP contribution in [-0.2, 0) is 0 Å². The van der Waals surface area contributed by atoms with Gasteiger partial charge in [-0.05, 0) is 18.9 Å². The van der Waals surface area contributed by atoms with Gasteiger partial charge in [0.25, 0.3) is 0 Å². The summed E-state index contributed by atoms with van der Waals surface area (Å²) in [6.45, 7) is 0. The lowest BCUT2D eigenvalue weighted by Crippen LogP contribution is -2.43. The molecular formula is C17H13N9. The van der Waals surface area contributed by atoms with E-state index in [-0.39, 0.29) is 6.17 Å². The van der Waals surface area contributed by atoms with Gasteiger partial charge in [0.05, 0.1) is 11.9 Å². The van der Waals surface area contributed by atoms with Crippen molar-refractivity contribution in [3.63, 3.8) is 0 Å². The van der Waals surface area contributed by atoms with Crippen molar-refractivity contribution in [2.75, 3.05) is 10.0 Å².